The van der Waals surface area contributed by atoms with Gasteiger partial charge in [0.1, 0.15) is 11.8 Å². The maximum Gasteiger partial charge on any atom is 0.116 e. The number of nitrogens with two attached hydrogens (primary N) is 1. The summed E-state index contributed by atoms with van der Waals surface area (Å²) in [5.74, 6) is 6.69. The molecule has 0 bridgehead atoms. The van der Waals surface area contributed by atoms with Gasteiger partial charge in [0.05, 0.1) is 6.61 Å². The van der Waals surface area contributed by atoms with E-state index in [4.69, 9.17) is 10.6 Å². The fourth-order valence-electron chi connectivity index (χ4n) is 2.58. The van der Waals surface area contributed by atoms with Gasteiger partial charge in [-0.15, -0.1) is 11.3 Å². The van der Waals surface area contributed by atoms with E-state index < -0.39 is 0 Å². The number of fused-ring (bicyclic) bond motifs is 1. The molecule has 1 aliphatic carbocycles. The van der Waals surface area contributed by atoms with Crippen LogP contribution in [0.3, 0.4) is 0 Å². The first-order chi connectivity index (χ1) is 8.38. The molecule has 3 nitrogen and oxygen atoms in total. The topological polar surface area (TPSA) is 47.3 Å². The highest BCUT2D eigenvalue weighted by atomic mass is 32.1. The van der Waals surface area contributed by atoms with Crippen LogP contribution in [0.5, 0.6) is 0 Å². The molecule has 1 aromatic rings. The minimum absolute atomic E-state index is 0.0471. The first-order valence-electron chi connectivity index (χ1n) is 6.29. The van der Waals surface area contributed by atoms with Crippen LogP contribution in [-0.2, 0) is 17.6 Å². The molecule has 2 aliphatic rings. The Labute approximate surface area is 106 Å². The third-order valence-electron chi connectivity index (χ3n) is 3.46. The Balaban J connectivity index is 1.86. The van der Waals surface area contributed by atoms with E-state index >= 15 is 0 Å². The fourth-order valence-corrected chi connectivity index (χ4v) is 3.90. The molecule has 3 N–H and O–H groups in total. The molecule has 0 fully saturated rings. The number of ether oxygens (including phenoxy) is 1. The molecule has 0 aromatic carbocycles. The molecule has 0 radical (unpaired) electrons. The lowest BCUT2D eigenvalue weighted by Gasteiger charge is -2.22. The minimum Gasteiger partial charge on any atom is -0.496 e. The van der Waals surface area contributed by atoms with Gasteiger partial charge in [0.2, 0.25) is 0 Å². The average Bonchev–Trinajstić information content (AvgIpc) is 2.92. The van der Waals surface area contributed by atoms with Crippen molar-refractivity contribution in [2.75, 3.05) is 6.61 Å². The maximum absolute atomic E-state index is 5.71. The van der Waals surface area contributed by atoms with E-state index in [1.165, 1.54) is 34.6 Å². The summed E-state index contributed by atoms with van der Waals surface area (Å²) in [6.45, 7) is 0.815. The molecular weight excluding hydrogens is 232 g/mol. The van der Waals surface area contributed by atoms with Gasteiger partial charge in [-0.25, -0.2) is 5.43 Å². The first-order valence-corrected chi connectivity index (χ1v) is 7.10. The van der Waals surface area contributed by atoms with E-state index in [1.54, 1.807) is 0 Å². The van der Waals surface area contributed by atoms with E-state index in [2.05, 4.69) is 17.6 Å². The number of nitrogens with one attached hydrogen (secondary N) is 1. The Hall–Kier alpha value is -0.840. The fraction of sp³-hybridized carbons (Fsp3) is 0.538. The van der Waals surface area contributed by atoms with Crippen LogP contribution in [-0.4, -0.2) is 6.61 Å². The molecule has 92 valence electrons. The highest BCUT2D eigenvalue weighted by Crippen LogP contribution is 2.36. The van der Waals surface area contributed by atoms with E-state index in [9.17, 15) is 0 Å². The van der Waals surface area contributed by atoms with Gasteiger partial charge >= 0.3 is 0 Å². The molecule has 3 rings (SSSR count). The number of thiophene rings is 1. The van der Waals surface area contributed by atoms with Crippen molar-refractivity contribution in [3.05, 3.63) is 33.2 Å². The predicted molar refractivity (Wildman–Crippen MR) is 69.7 cm³/mol. The molecule has 0 saturated carbocycles. The predicted octanol–water partition coefficient (Wildman–Crippen LogP) is 2.44. The molecule has 1 atom stereocenters. The van der Waals surface area contributed by atoms with Crippen molar-refractivity contribution >= 4 is 11.3 Å². The Kier molecular flexibility index (Phi) is 3.18. The molecule has 0 amide bonds. The van der Waals surface area contributed by atoms with Crippen LogP contribution in [0.15, 0.2) is 17.9 Å². The number of hydrazine groups is 1. The summed E-state index contributed by atoms with van der Waals surface area (Å²) in [4.78, 5) is 2.84. The van der Waals surface area contributed by atoms with Gasteiger partial charge in [0, 0.05) is 9.75 Å². The Morgan fingerprint density at radius 2 is 2.29 bits per heavy atom. The smallest absolute Gasteiger partial charge is 0.116 e. The number of hydrogen-bond donors (Lipinski definition) is 2. The molecule has 2 heterocycles. The number of aryl methyl sites for hydroxylation is 2. The second-order valence-electron chi connectivity index (χ2n) is 4.65. The third kappa shape index (κ3) is 2.12. The Morgan fingerprint density at radius 1 is 1.35 bits per heavy atom. The van der Waals surface area contributed by atoms with Crippen LogP contribution in [0.4, 0.5) is 0 Å². The minimum atomic E-state index is 0.0471. The summed E-state index contributed by atoms with van der Waals surface area (Å²) < 4.78 is 5.71. The molecule has 1 aromatic heterocycles. The monoisotopic (exact) mass is 250 g/mol. The second kappa shape index (κ2) is 4.80. The van der Waals surface area contributed by atoms with Gasteiger partial charge in [0.25, 0.3) is 0 Å². The Morgan fingerprint density at radius 3 is 3.00 bits per heavy atom. The number of allylic oxidation sites excluding steroid dienone is 1. The Bertz CT molecular complexity index is 417. The maximum atomic E-state index is 5.71. The quantitative estimate of drug-likeness (QED) is 0.640. The van der Waals surface area contributed by atoms with Gasteiger partial charge in [0.15, 0.2) is 0 Å². The van der Waals surface area contributed by atoms with E-state index in [-0.39, 0.29) is 6.04 Å². The van der Waals surface area contributed by atoms with Crippen molar-refractivity contribution in [3.63, 3.8) is 0 Å². The molecule has 1 aliphatic heterocycles. The number of rotatable bonds is 3. The summed E-state index contributed by atoms with van der Waals surface area (Å²) in [6, 6.07) is 2.35. The second-order valence-corrected chi connectivity index (χ2v) is 5.82. The molecule has 4 heteroatoms. The summed E-state index contributed by atoms with van der Waals surface area (Å²) in [6.07, 6.45) is 8.14. The standard InChI is InChI=1S/C13H18N2OS/c14-15-13(10-5-1-2-7-16-10)12-8-9-4-3-6-11(9)17-12/h5,8,13,15H,1-4,6-7,14H2. The lowest BCUT2D eigenvalue weighted by Crippen LogP contribution is -2.30. The largest absolute Gasteiger partial charge is 0.496 e. The van der Waals surface area contributed by atoms with E-state index in [0.717, 1.165) is 25.2 Å². The van der Waals surface area contributed by atoms with Crippen LogP contribution in [0, 0.1) is 0 Å². The van der Waals surface area contributed by atoms with Crippen molar-refractivity contribution in [1.29, 1.82) is 0 Å². The summed E-state index contributed by atoms with van der Waals surface area (Å²) >= 11 is 1.88. The van der Waals surface area contributed by atoms with Gasteiger partial charge < -0.3 is 4.74 Å². The van der Waals surface area contributed by atoms with Gasteiger partial charge in [-0.2, -0.15) is 0 Å². The lowest BCUT2D eigenvalue weighted by molar-refractivity contribution is 0.168. The van der Waals surface area contributed by atoms with Crippen molar-refractivity contribution in [2.45, 2.75) is 38.1 Å². The molecule has 17 heavy (non-hydrogen) atoms. The van der Waals surface area contributed by atoms with Crippen LogP contribution in [0.2, 0.25) is 0 Å². The zero-order chi connectivity index (χ0) is 11.7. The lowest BCUT2D eigenvalue weighted by atomic mass is 10.1. The molecule has 0 spiro atoms. The van der Waals surface area contributed by atoms with E-state index in [0.29, 0.717) is 0 Å². The average molecular weight is 250 g/mol. The van der Waals surface area contributed by atoms with Crippen molar-refractivity contribution in [2.24, 2.45) is 5.84 Å². The molecule has 0 saturated heterocycles. The van der Waals surface area contributed by atoms with Crippen LogP contribution < -0.4 is 11.3 Å². The van der Waals surface area contributed by atoms with E-state index in [1.807, 2.05) is 11.3 Å². The summed E-state index contributed by atoms with van der Waals surface area (Å²) in [5, 5.41) is 0. The summed E-state index contributed by atoms with van der Waals surface area (Å²) in [5.41, 5.74) is 4.41. The van der Waals surface area contributed by atoms with Crippen LogP contribution >= 0.6 is 11.3 Å². The first kappa shape index (κ1) is 11.3. The van der Waals surface area contributed by atoms with Crippen molar-refractivity contribution < 1.29 is 4.74 Å². The van der Waals surface area contributed by atoms with Gasteiger partial charge in [-0.3, -0.25) is 5.84 Å². The molecule has 1 unspecified atom stereocenters. The number of hydrogen-bond acceptors (Lipinski definition) is 4. The SMILES string of the molecule is NNC(C1=CCCCO1)c1cc2c(s1)CCC2. The van der Waals surface area contributed by atoms with Crippen molar-refractivity contribution in [1.82, 2.24) is 5.43 Å². The van der Waals surface area contributed by atoms with Gasteiger partial charge in [-0.1, -0.05) is 0 Å². The van der Waals surface area contributed by atoms with Gasteiger partial charge in [-0.05, 0) is 49.8 Å². The highest BCUT2D eigenvalue weighted by molar-refractivity contribution is 7.12. The highest BCUT2D eigenvalue weighted by Gasteiger charge is 2.23. The molecular formula is C13H18N2OS. The third-order valence-corrected chi connectivity index (χ3v) is 4.77. The van der Waals surface area contributed by atoms with Crippen LogP contribution in [0.25, 0.3) is 0 Å². The van der Waals surface area contributed by atoms with Crippen molar-refractivity contribution in [3.8, 4) is 0 Å². The zero-order valence-corrected chi connectivity index (χ0v) is 10.7. The normalized spacial score (nSPS) is 20.6. The zero-order valence-electron chi connectivity index (χ0n) is 9.87. The summed E-state index contributed by atoms with van der Waals surface area (Å²) in [7, 11) is 0. The van der Waals surface area contributed by atoms with Crippen LogP contribution in [0.1, 0.15) is 40.6 Å².